The quantitative estimate of drug-likeness (QED) is 0.846. The molecule has 0 aromatic carbocycles. The Morgan fingerprint density at radius 1 is 1.16 bits per heavy atom. The Labute approximate surface area is 147 Å². The van der Waals surface area contributed by atoms with Crippen LogP contribution < -0.4 is 0 Å². The van der Waals surface area contributed by atoms with E-state index in [-0.39, 0.29) is 11.9 Å². The Hall–Kier alpha value is -2.38. The second-order valence-corrected chi connectivity index (χ2v) is 7.03. The highest BCUT2D eigenvalue weighted by Gasteiger charge is 2.31. The lowest BCUT2D eigenvalue weighted by Gasteiger charge is -2.34. The van der Waals surface area contributed by atoms with Crippen molar-refractivity contribution in [1.29, 1.82) is 0 Å². The lowest BCUT2D eigenvalue weighted by atomic mass is 9.97. The van der Waals surface area contributed by atoms with E-state index >= 15 is 0 Å². The second kappa shape index (κ2) is 6.85. The molecule has 4 rings (SSSR count). The molecule has 1 unspecified atom stereocenters. The minimum Gasteiger partial charge on any atom is -0.330 e. The molecule has 8 heteroatoms. The first kappa shape index (κ1) is 16.1. The fraction of sp³-hybridized carbons (Fsp3) is 0.647. The summed E-state index contributed by atoms with van der Waals surface area (Å²) in [6.45, 7) is 4.06. The molecular weight excluding hydrogens is 318 g/mol. The van der Waals surface area contributed by atoms with E-state index in [9.17, 15) is 4.79 Å². The number of urea groups is 1. The lowest BCUT2D eigenvalue weighted by Crippen LogP contribution is -2.46. The summed E-state index contributed by atoms with van der Waals surface area (Å²) in [6.07, 6.45) is 9.81. The topological polar surface area (TPSA) is 72.1 Å². The summed E-state index contributed by atoms with van der Waals surface area (Å²) >= 11 is 0. The van der Waals surface area contributed by atoms with Gasteiger partial charge in [-0.2, -0.15) is 0 Å². The second-order valence-electron chi connectivity index (χ2n) is 7.03. The number of piperidine rings is 1. The minimum atomic E-state index is 0.197. The predicted molar refractivity (Wildman–Crippen MR) is 92.1 cm³/mol. The van der Waals surface area contributed by atoms with Gasteiger partial charge in [-0.25, -0.2) is 9.78 Å². The number of carbonyl (C=O) groups excluding carboxylic acids is 1. The summed E-state index contributed by atoms with van der Waals surface area (Å²) in [6, 6.07) is 0.197. The SMILES string of the molecule is Cn1c(Cn2ccnc2)nnc1C1CCCN(C(=O)N2CCCC2)C1. The van der Waals surface area contributed by atoms with Crippen LogP contribution >= 0.6 is 0 Å². The number of rotatable bonds is 3. The van der Waals surface area contributed by atoms with Crippen LogP contribution in [0.5, 0.6) is 0 Å². The first-order valence-electron chi connectivity index (χ1n) is 9.10. The summed E-state index contributed by atoms with van der Waals surface area (Å²) in [7, 11) is 2.02. The molecule has 0 N–H and O–H groups in total. The molecule has 2 aromatic heterocycles. The first-order chi connectivity index (χ1) is 12.2. The average molecular weight is 343 g/mol. The number of carbonyl (C=O) groups is 1. The van der Waals surface area contributed by atoms with Gasteiger partial charge in [-0.1, -0.05) is 0 Å². The van der Waals surface area contributed by atoms with Crippen LogP contribution in [0.2, 0.25) is 0 Å². The molecule has 2 aromatic rings. The molecule has 134 valence electrons. The number of aromatic nitrogens is 5. The van der Waals surface area contributed by atoms with Gasteiger partial charge in [0.25, 0.3) is 0 Å². The molecular formula is C17H25N7O. The van der Waals surface area contributed by atoms with Crippen LogP contribution in [0.15, 0.2) is 18.7 Å². The fourth-order valence-corrected chi connectivity index (χ4v) is 3.88. The highest BCUT2D eigenvalue weighted by molar-refractivity contribution is 5.74. The van der Waals surface area contributed by atoms with Crippen LogP contribution in [0.4, 0.5) is 4.79 Å². The van der Waals surface area contributed by atoms with Gasteiger partial charge in [0.05, 0.1) is 12.9 Å². The Morgan fingerprint density at radius 3 is 2.72 bits per heavy atom. The minimum absolute atomic E-state index is 0.197. The van der Waals surface area contributed by atoms with E-state index in [1.165, 1.54) is 0 Å². The molecule has 2 aliphatic heterocycles. The van der Waals surface area contributed by atoms with Gasteiger partial charge in [0.2, 0.25) is 0 Å². The van der Waals surface area contributed by atoms with Gasteiger partial charge in [0.15, 0.2) is 5.82 Å². The van der Waals surface area contributed by atoms with Gasteiger partial charge in [0.1, 0.15) is 5.82 Å². The van der Waals surface area contributed by atoms with Crippen molar-refractivity contribution >= 4 is 6.03 Å². The van der Waals surface area contributed by atoms with Crippen LogP contribution in [-0.2, 0) is 13.6 Å². The van der Waals surface area contributed by atoms with E-state index in [1.54, 1.807) is 12.5 Å². The van der Waals surface area contributed by atoms with E-state index in [0.717, 1.165) is 63.5 Å². The molecule has 2 fully saturated rings. The molecule has 2 amide bonds. The maximum absolute atomic E-state index is 12.7. The van der Waals surface area contributed by atoms with E-state index in [1.807, 2.05) is 27.6 Å². The zero-order valence-electron chi connectivity index (χ0n) is 14.7. The highest BCUT2D eigenvalue weighted by atomic mass is 16.2. The highest BCUT2D eigenvalue weighted by Crippen LogP contribution is 2.27. The van der Waals surface area contributed by atoms with Crippen LogP contribution in [-0.4, -0.2) is 66.3 Å². The molecule has 4 heterocycles. The third-order valence-corrected chi connectivity index (χ3v) is 5.32. The average Bonchev–Trinajstić information content (AvgIpc) is 3.38. The molecule has 2 aliphatic rings. The molecule has 2 saturated heterocycles. The Bertz CT molecular complexity index is 717. The monoisotopic (exact) mass is 343 g/mol. The number of amides is 2. The van der Waals surface area contributed by atoms with Crippen molar-refractivity contribution in [3.8, 4) is 0 Å². The fourth-order valence-electron chi connectivity index (χ4n) is 3.88. The number of hydrogen-bond acceptors (Lipinski definition) is 4. The van der Waals surface area contributed by atoms with Crippen LogP contribution in [0.1, 0.15) is 43.3 Å². The summed E-state index contributed by atoms with van der Waals surface area (Å²) in [4.78, 5) is 20.7. The predicted octanol–water partition coefficient (Wildman–Crippen LogP) is 1.46. The standard InChI is InChI=1S/C17H25N7O/c1-21-15(12-22-10-6-18-13-22)19-20-16(21)14-5-4-9-24(11-14)17(25)23-7-2-3-8-23/h6,10,13-14H,2-5,7-9,11-12H2,1H3. The van der Waals surface area contributed by atoms with Crippen molar-refractivity contribution in [3.63, 3.8) is 0 Å². The van der Waals surface area contributed by atoms with Crippen molar-refractivity contribution in [2.24, 2.45) is 7.05 Å². The molecule has 1 atom stereocenters. The van der Waals surface area contributed by atoms with Crippen LogP contribution in [0, 0.1) is 0 Å². The van der Waals surface area contributed by atoms with Crippen molar-refractivity contribution in [1.82, 2.24) is 34.1 Å². The smallest absolute Gasteiger partial charge is 0.320 e. The Morgan fingerprint density at radius 2 is 1.96 bits per heavy atom. The van der Waals surface area contributed by atoms with Crippen LogP contribution in [0.25, 0.3) is 0 Å². The molecule has 8 nitrogen and oxygen atoms in total. The van der Waals surface area contributed by atoms with Gasteiger partial charge in [-0.05, 0) is 25.7 Å². The van der Waals surface area contributed by atoms with E-state index in [4.69, 9.17) is 0 Å². The number of nitrogens with zero attached hydrogens (tertiary/aromatic N) is 7. The molecule has 25 heavy (non-hydrogen) atoms. The molecule has 0 spiro atoms. The lowest BCUT2D eigenvalue weighted by molar-refractivity contribution is 0.145. The van der Waals surface area contributed by atoms with Crippen LogP contribution in [0.3, 0.4) is 0 Å². The third-order valence-electron chi connectivity index (χ3n) is 5.32. The number of likely N-dealkylation sites (tertiary alicyclic amines) is 2. The molecule has 0 saturated carbocycles. The van der Waals surface area contributed by atoms with Crippen molar-refractivity contribution in [2.45, 2.75) is 38.1 Å². The maximum Gasteiger partial charge on any atom is 0.320 e. The Balaban J connectivity index is 1.46. The third kappa shape index (κ3) is 3.25. The number of hydrogen-bond donors (Lipinski definition) is 0. The van der Waals surface area contributed by atoms with E-state index in [0.29, 0.717) is 6.54 Å². The van der Waals surface area contributed by atoms with Crippen molar-refractivity contribution in [2.75, 3.05) is 26.2 Å². The normalized spacial score (nSPS) is 21.1. The van der Waals surface area contributed by atoms with Gasteiger partial charge in [-0.3, -0.25) is 0 Å². The largest absolute Gasteiger partial charge is 0.330 e. The van der Waals surface area contributed by atoms with Crippen molar-refractivity contribution < 1.29 is 4.79 Å². The zero-order chi connectivity index (χ0) is 17.2. The van der Waals surface area contributed by atoms with Gasteiger partial charge < -0.3 is 18.9 Å². The Kier molecular flexibility index (Phi) is 4.42. The molecule has 0 radical (unpaired) electrons. The van der Waals surface area contributed by atoms with E-state index in [2.05, 4.69) is 19.7 Å². The summed E-state index contributed by atoms with van der Waals surface area (Å²) in [5.74, 6) is 2.15. The van der Waals surface area contributed by atoms with Crippen molar-refractivity contribution in [3.05, 3.63) is 30.4 Å². The molecule has 0 aliphatic carbocycles. The zero-order valence-corrected chi connectivity index (χ0v) is 14.7. The summed E-state index contributed by atoms with van der Waals surface area (Å²) in [5.41, 5.74) is 0. The summed E-state index contributed by atoms with van der Waals surface area (Å²) in [5, 5.41) is 8.80. The summed E-state index contributed by atoms with van der Waals surface area (Å²) < 4.78 is 4.06. The van der Waals surface area contributed by atoms with E-state index < -0.39 is 0 Å². The molecule has 0 bridgehead atoms. The van der Waals surface area contributed by atoms with Gasteiger partial charge in [0, 0.05) is 51.5 Å². The maximum atomic E-state index is 12.7. The van der Waals surface area contributed by atoms with Gasteiger partial charge >= 0.3 is 6.03 Å². The number of imidazole rings is 1. The first-order valence-corrected chi connectivity index (χ1v) is 9.10. The van der Waals surface area contributed by atoms with Gasteiger partial charge in [-0.15, -0.1) is 10.2 Å².